The molecule has 2 atom stereocenters. The molecule has 3 rings (SSSR count). The van der Waals surface area contributed by atoms with Gasteiger partial charge >= 0.3 is 0 Å². The van der Waals surface area contributed by atoms with Crippen molar-refractivity contribution < 1.29 is 9.47 Å². The number of ether oxygens (including phenoxy) is 2. The number of allylic oxidation sites excluding steroid dienone is 2. The minimum atomic E-state index is -1.42. The molecule has 0 aromatic heterocycles. The number of hydrogen-bond donors (Lipinski definition) is 1. The fourth-order valence-electron chi connectivity index (χ4n) is 3.32. The first-order valence-electron chi connectivity index (χ1n) is 6.18. The number of fused-ring (bicyclic) bond motifs is 2. The Kier molecular flexibility index (Phi) is 2.28. The van der Waals surface area contributed by atoms with Crippen molar-refractivity contribution in [1.29, 1.82) is 10.5 Å². The maximum absolute atomic E-state index is 9.76. The van der Waals surface area contributed by atoms with E-state index in [4.69, 9.17) is 15.2 Å². The third kappa shape index (κ3) is 1.14. The van der Waals surface area contributed by atoms with E-state index in [1.807, 2.05) is 13.0 Å². The topological polar surface area (TPSA) is 104 Å². The van der Waals surface area contributed by atoms with Gasteiger partial charge in [-0.3, -0.25) is 0 Å². The molecule has 0 saturated carbocycles. The van der Waals surface area contributed by atoms with E-state index >= 15 is 0 Å². The Morgan fingerprint density at radius 3 is 2.58 bits per heavy atom. The van der Waals surface area contributed by atoms with Gasteiger partial charge < -0.3 is 15.2 Å². The lowest BCUT2D eigenvalue weighted by Gasteiger charge is -2.43. The molecular weight excluding hydrogens is 244 g/mol. The van der Waals surface area contributed by atoms with E-state index < -0.39 is 16.7 Å². The molecule has 0 aromatic rings. The number of rotatable bonds is 0. The van der Waals surface area contributed by atoms with Gasteiger partial charge in [-0.1, -0.05) is 11.6 Å². The summed E-state index contributed by atoms with van der Waals surface area (Å²) in [5.41, 5.74) is 4.67. The van der Waals surface area contributed by atoms with Crippen LogP contribution in [0, 0.1) is 33.5 Å². The van der Waals surface area contributed by atoms with Crippen molar-refractivity contribution in [2.24, 2.45) is 21.6 Å². The monoisotopic (exact) mass is 258 g/mol. The summed E-state index contributed by atoms with van der Waals surface area (Å²) in [4.78, 5) is 4.26. The molecule has 2 aliphatic heterocycles. The lowest BCUT2D eigenvalue weighted by Crippen LogP contribution is -2.56. The van der Waals surface area contributed by atoms with Crippen molar-refractivity contribution in [3.63, 3.8) is 0 Å². The van der Waals surface area contributed by atoms with E-state index in [0.29, 0.717) is 26.1 Å². The van der Waals surface area contributed by atoms with Gasteiger partial charge in [0.25, 0.3) is 5.91 Å². The number of amidine groups is 1. The molecular formula is C13H14N4O2. The van der Waals surface area contributed by atoms with Gasteiger partial charge in [-0.15, -0.1) is 0 Å². The van der Waals surface area contributed by atoms with Gasteiger partial charge in [0.2, 0.25) is 0 Å². The molecule has 1 spiro atoms. The van der Waals surface area contributed by atoms with Crippen LogP contribution in [-0.4, -0.2) is 25.0 Å². The molecule has 1 aliphatic carbocycles. The first-order valence-corrected chi connectivity index (χ1v) is 6.18. The van der Waals surface area contributed by atoms with Crippen LogP contribution in [0.15, 0.2) is 16.6 Å². The second-order valence-electron chi connectivity index (χ2n) is 5.24. The Labute approximate surface area is 111 Å². The highest BCUT2D eigenvalue weighted by molar-refractivity contribution is 5.94. The molecule has 98 valence electrons. The molecule has 0 aromatic carbocycles. The van der Waals surface area contributed by atoms with Crippen LogP contribution in [-0.2, 0) is 9.47 Å². The Morgan fingerprint density at radius 1 is 1.32 bits per heavy atom. The zero-order chi connectivity index (χ0) is 13.7. The minimum Gasteiger partial charge on any atom is -0.386 e. The minimum absolute atomic E-state index is 0.144. The van der Waals surface area contributed by atoms with Crippen molar-refractivity contribution in [3.8, 4) is 12.1 Å². The summed E-state index contributed by atoms with van der Waals surface area (Å²) in [6, 6.07) is 4.47. The fraction of sp³-hybridized carbons (Fsp3) is 0.615. The summed E-state index contributed by atoms with van der Waals surface area (Å²) in [6.45, 7) is 2.63. The predicted molar refractivity (Wildman–Crippen MR) is 65.3 cm³/mol. The number of nitrogens with two attached hydrogens (primary N) is 1. The number of aliphatic imine (C=N–C) groups is 1. The molecule has 1 fully saturated rings. The van der Waals surface area contributed by atoms with Crippen molar-refractivity contribution >= 4 is 5.84 Å². The van der Waals surface area contributed by atoms with Crippen molar-refractivity contribution in [1.82, 2.24) is 0 Å². The van der Waals surface area contributed by atoms with E-state index in [9.17, 15) is 10.5 Å². The van der Waals surface area contributed by atoms with Crippen molar-refractivity contribution in [3.05, 3.63) is 11.6 Å². The van der Waals surface area contributed by atoms with Crippen LogP contribution in [0.1, 0.15) is 19.8 Å². The zero-order valence-corrected chi connectivity index (χ0v) is 10.6. The molecule has 0 radical (unpaired) electrons. The average molecular weight is 258 g/mol. The number of nitrogens with zero attached hydrogens (tertiary/aromatic N) is 3. The molecule has 1 saturated heterocycles. The van der Waals surface area contributed by atoms with Crippen LogP contribution in [0.4, 0.5) is 0 Å². The van der Waals surface area contributed by atoms with Crippen LogP contribution in [0.2, 0.25) is 0 Å². The second-order valence-corrected chi connectivity index (χ2v) is 5.24. The SMILES string of the molecule is CC1=CCC2(C#N)C3(N=C(N)C2(C#N)C1)OCCO3. The zero-order valence-electron chi connectivity index (χ0n) is 10.6. The highest BCUT2D eigenvalue weighted by atomic mass is 16.8. The smallest absolute Gasteiger partial charge is 0.293 e. The Balaban J connectivity index is 2.26. The fourth-order valence-corrected chi connectivity index (χ4v) is 3.32. The van der Waals surface area contributed by atoms with Crippen LogP contribution in [0.5, 0.6) is 0 Å². The third-order valence-electron chi connectivity index (χ3n) is 4.33. The van der Waals surface area contributed by atoms with Gasteiger partial charge in [-0.25, -0.2) is 4.99 Å². The van der Waals surface area contributed by atoms with E-state index in [2.05, 4.69) is 17.1 Å². The normalized spacial score (nSPS) is 39.1. The quantitative estimate of drug-likeness (QED) is 0.647. The van der Waals surface area contributed by atoms with Gasteiger partial charge in [0.15, 0.2) is 5.41 Å². The number of hydrogen-bond acceptors (Lipinski definition) is 6. The molecule has 3 aliphatic rings. The first kappa shape index (κ1) is 12.2. The van der Waals surface area contributed by atoms with Crippen LogP contribution >= 0.6 is 0 Å². The molecule has 2 heterocycles. The highest BCUT2D eigenvalue weighted by Crippen LogP contribution is 2.62. The number of nitriles is 2. The maximum Gasteiger partial charge on any atom is 0.293 e. The standard InChI is InChI=1S/C13H14N4O2/c1-9-2-3-12(8-15)11(6-9,7-14)10(16)17-13(12)18-4-5-19-13/h2H,3-6H2,1H3,(H2,16,17). The third-order valence-corrected chi connectivity index (χ3v) is 4.33. The molecule has 6 heteroatoms. The largest absolute Gasteiger partial charge is 0.386 e. The summed E-state index contributed by atoms with van der Waals surface area (Å²) >= 11 is 0. The Hall–Kier alpha value is -1.89. The summed E-state index contributed by atoms with van der Waals surface area (Å²) in [5.74, 6) is -1.27. The summed E-state index contributed by atoms with van der Waals surface area (Å²) in [5, 5.41) is 19.4. The predicted octanol–water partition coefficient (Wildman–Crippen LogP) is 0.818. The molecule has 0 bridgehead atoms. The van der Waals surface area contributed by atoms with Gasteiger partial charge in [-0.2, -0.15) is 10.5 Å². The van der Waals surface area contributed by atoms with E-state index in [0.717, 1.165) is 5.57 Å². The van der Waals surface area contributed by atoms with Crippen molar-refractivity contribution in [2.75, 3.05) is 13.2 Å². The molecule has 6 nitrogen and oxygen atoms in total. The van der Waals surface area contributed by atoms with Crippen LogP contribution in [0.25, 0.3) is 0 Å². The maximum atomic E-state index is 9.76. The Bertz CT molecular complexity index is 576. The van der Waals surface area contributed by atoms with E-state index in [1.54, 1.807) is 0 Å². The second kappa shape index (κ2) is 3.57. The van der Waals surface area contributed by atoms with E-state index in [1.165, 1.54) is 0 Å². The van der Waals surface area contributed by atoms with E-state index in [-0.39, 0.29) is 5.84 Å². The van der Waals surface area contributed by atoms with Crippen LogP contribution < -0.4 is 5.73 Å². The summed E-state index contributed by atoms with van der Waals surface area (Å²) in [6.07, 6.45) is 2.69. The van der Waals surface area contributed by atoms with Gasteiger partial charge in [0, 0.05) is 0 Å². The summed E-state index contributed by atoms with van der Waals surface area (Å²) in [7, 11) is 0. The van der Waals surface area contributed by atoms with Gasteiger partial charge in [0.1, 0.15) is 11.3 Å². The average Bonchev–Trinajstić information content (AvgIpc) is 2.95. The molecule has 2 unspecified atom stereocenters. The highest BCUT2D eigenvalue weighted by Gasteiger charge is 2.74. The molecule has 19 heavy (non-hydrogen) atoms. The first-order chi connectivity index (χ1) is 9.06. The Morgan fingerprint density at radius 2 is 2.00 bits per heavy atom. The van der Waals surface area contributed by atoms with Gasteiger partial charge in [0.05, 0.1) is 25.4 Å². The lowest BCUT2D eigenvalue weighted by atomic mass is 9.57. The molecule has 2 N–H and O–H groups in total. The van der Waals surface area contributed by atoms with Crippen LogP contribution in [0.3, 0.4) is 0 Å². The van der Waals surface area contributed by atoms with Crippen molar-refractivity contribution in [2.45, 2.75) is 25.7 Å². The van der Waals surface area contributed by atoms with Gasteiger partial charge in [-0.05, 0) is 19.8 Å². The molecule has 0 amide bonds. The lowest BCUT2D eigenvalue weighted by molar-refractivity contribution is -0.220. The summed E-state index contributed by atoms with van der Waals surface area (Å²) < 4.78 is 11.2.